The normalized spacial score (nSPS) is 17.6. The van der Waals surface area contributed by atoms with Crippen molar-refractivity contribution >= 4 is 0 Å². The van der Waals surface area contributed by atoms with Crippen LogP contribution in [0.5, 0.6) is 5.75 Å². The van der Waals surface area contributed by atoms with Crippen LogP contribution < -0.4 is 10.1 Å². The average Bonchev–Trinajstić information content (AvgIpc) is 2.47. The molecule has 1 fully saturated rings. The van der Waals surface area contributed by atoms with Crippen molar-refractivity contribution in [2.24, 2.45) is 0 Å². The van der Waals surface area contributed by atoms with E-state index in [2.05, 4.69) is 35.3 Å². The number of ether oxygens (including phenoxy) is 1. The van der Waals surface area contributed by atoms with Crippen molar-refractivity contribution < 1.29 is 4.74 Å². The molecule has 0 saturated carbocycles. The SMILES string of the molecule is CCCN1CCC(NCc2cccc(OC)c2)CC1. The Morgan fingerprint density at radius 2 is 2.11 bits per heavy atom. The van der Waals surface area contributed by atoms with Crippen LogP contribution in [0.25, 0.3) is 0 Å². The fourth-order valence-electron chi connectivity index (χ4n) is 2.72. The zero-order chi connectivity index (χ0) is 13.5. The third kappa shape index (κ3) is 4.51. The lowest BCUT2D eigenvalue weighted by atomic mass is 10.0. The summed E-state index contributed by atoms with van der Waals surface area (Å²) in [5.41, 5.74) is 1.30. The molecular weight excluding hydrogens is 236 g/mol. The highest BCUT2D eigenvalue weighted by Crippen LogP contribution is 2.14. The summed E-state index contributed by atoms with van der Waals surface area (Å²) in [6.45, 7) is 6.93. The number of piperidine rings is 1. The second kappa shape index (κ2) is 7.51. The van der Waals surface area contributed by atoms with Gasteiger partial charge in [0.1, 0.15) is 5.75 Å². The van der Waals surface area contributed by atoms with E-state index in [0.717, 1.165) is 12.3 Å². The summed E-state index contributed by atoms with van der Waals surface area (Å²) < 4.78 is 5.25. The van der Waals surface area contributed by atoms with Gasteiger partial charge in [0, 0.05) is 12.6 Å². The Balaban J connectivity index is 1.74. The fraction of sp³-hybridized carbons (Fsp3) is 0.625. The maximum absolute atomic E-state index is 5.25. The summed E-state index contributed by atoms with van der Waals surface area (Å²) in [7, 11) is 1.72. The summed E-state index contributed by atoms with van der Waals surface area (Å²) >= 11 is 0. The van der Waals surface area contributed by atoms with Gasteiger partial charge in [0.05, 0.1) is 7.11 Å². The van der Waals surface area contributed by atoms with Gasteiger partial charge < -0.3 is 15.0 Å². The number of nitrogens with zero attached hydrogens (tertiary/aromatic N) is 1. The van der Waals surface area contributed by atoms with Gasteiger partial charge in [-0.2, -0.15) is 0 Å². The molecule has 0 aliphatic carbocycles. The van der Waals surface area contributed by atoms with Gasteiger partial charge in [-0.15, -0.1) is 0 Å². The number of hydrogen-bond donors (Lipinski definition) is 1. The van der Waals surface area contributed by atoms with Gasteiger partial charge in [0.25, 0.3) is 0 Å². The molecule has 0 bridgehead atoms. The van der Waals surface area contributed by atoms with Crippen molar-refractivity contribution in [3.63, 3.8) is 0 Å². The van der Waals surface area contributed by atoms with E-state index in [0.29, 0.717) is 6.04 Å². The third-order valence-corrected chi connectivity index (χ3v) is 3.86. The van der Waals surface area contributed by atoms with Gasteiger partial charge in [0.15, 0.2) is 0 Å². The van der Waals surface area contributed by atoms with Gasteiger partial charge in [-0.3, -0.25) is 0 Å². The molecule has 0 spiro atoms. The van der Waals surface area contributed by atoms with Crippen LogP contribution in [0.4, 0.5) is 0 Å². The van der Waals surface area contributed by atoms with Crippen molar-refractivity contribution in [2.75, 3.05) is 26.7 Å². The minimum atomic E-state index is 0.666. The van der Waals surface area contributed by atoms with Crippen molar-refractivity contribution in [3.8, 4) is 5.75 Å². The minimum absolute atomic E-state index is 0.666. The number of benzene rings is 1. The van der Waals surface area contributed by atoms with Gasteiger partial charge in [-0.1, -0.05) is 19.1 Å². The number of likely N-dealkylation sites (tertiary alicyclic amines) is 1. The zero-order valence-corrected chi connectivity index (χ0v) is 12.2. The Hall–Kier alpha value is -1.06. The van der Waals surface area contributed by atoms with Crippen molar-refractivity contribution in [1.82, 2.24) is 10.2 Å². The maximum atomic E-state index is 5.25. The lowest BCUT2D eigenvalue weighted by Crippen LogP contribution is -2.42. The van der Waals surface area contributed by atoms with E-state index in [1.165, 1.54) is 44.5 Å². The molecule has 0 aromatic heterocycles. The molecule has 2 rings (SSSR count). The van der Waals surface area contributed by atoms with E-state index in [-0.39, 0.29) is 0 Å². The van der Waals surface area contributed by atoms with Gasteiger partial charge in [-0.05, 0) is 56.6 Å². The second-order valence-electron chi connectivity index (χ2n) is 5.35. The highest BCUT2D eigenvalue weighted by Gasteiger charge is 2.17. The molecule has 1 aliphatic heterocycles. The van der Waals surface area contributed by atoms with Crippen LogP contribution in [0, 0.1) is 0 Å². The zero-order valence-electron chi connectivity index (χ0n) is 12.2. The summed E-state index contributed by atoms with van der Waals surface area (Å²) in [5.74, 6) is 0.942. The highest BCUT2D eigenvalue weighted by molar-refractivity contribution is 5.28. The van der Waals surface area contributed by atoms with Crippen LogP contribution >= 0.6 is 0 Å². The van der Waals surface area contributed by atoms with Gasteiger partial charge >= 0.3 is 0 Å². The fourth-order valence-corrected chi connectivity index (χ4v) is 2.72. The summed E-state index contributed by atoms with van der Waals surface area (Å²) in [4.78, 5) is 2.57. The number of nitrogens with one attached hydrogen (secondary N) is 1. The molecule has 1 N–H and O–H groups in total. The Kier molecular flexibility index (Phi) is 5.67. The van der Waals surface area contributed by atoms with Crippen LogP contribution in [-0.4, -0.2) is 37.7 Å². The summed E-state index contributed by atoms with van der Waals surface area (Å²) in [6.07, 6.45) is 3.80. The van der Waals surface area contributed by atoms with Crippen LogP contribution in [0.15, 0.2) is 24.3 Å². The monoisotopic (exact) mass is 262 g/mol. The first-order valence-corrected chi connectivity index (χ1v) is 7.40. The van der Waals surface area contributed by atoms with E-state index in [9.17, 15) is 0 Å². The topological polar surface area (TPSA) is 24.5 Å². The Morgan fingerprint density at radius 3 is 2.79 bits per heavy atom. The minimum Gasteiger partial charge on any atom is -0.497 e. The predicted octanol–water partition coefficient (Wildman–Crippen LogP) is 2.66. The molecule has 0 atom stereocenters. The lowest BCUT2D eigenvalue weighted by Gasteiger charge is -2.32. The average molecular weight is 262 g/mol. The van der Waals surface area contributed by atoms with E-state index in [1.54, 1.807) is 7.11 Å². The molecule has 106 valence electrons. The second-order valence-corrected chi connectivity index (χ2v) is 5.35. The Bertz CT molecular complexity index is 373. The molecule has 0 radical (unpaired) electrons. The van der Waals surface area contributed by atoms with Crippen LogP contribution in [0.1, 0.15) is 31.7 Å². The van der Waals surface area contributed by atoms with E-state index in [4.69, 9.17) is 4.74 Å². The molecule has 19 heavy (non-hydrogen) atoms. The van der Waals surface area contributed by atoms with Gasteiger partial charge in [0.2, 0.25) is 0 Å². The van der Waals surface area contributed by atoms with Crippen LogP contribution in [0.2, 0.25) is 0 Å². The molecule has 1 heterocycles. The number of methoxy groups -OCH3 is 1. The molecule has 0 amide bonds. The summed E-state index contributed by atoms with van der Waals surface area (Å²) in [5, 5.41) is 3.67. The first kappa shape index (κ1) is 14.4. The molecule has 0 unspecified atom stereocenters. The molecule has 1 aromatic carbocycles. The maximum Gasteiger partial charge on any atom is 0.119 e. The van der Waals surface area contributed by atoms with E-state index < -0.39 is 0 Å². The predicted molar refractivity (Wildman–Crippen MR) is 79.6 cm³/mol. The molecule has 3 nitrogen and oxygen atoms in total. The Labute approximate surface area is 116 Å². The van der Waals surface area contributed by atoms with E-state index in [1.807, 2.05) is 6.07 Å². The molecule has 3 heteroatoms. The Morgan fingerprint density at radius 1 is 1.32 bits per heavy atom. The number of rotatable bonds is 6. The molecule has 1 saturated heterocycles. The van der Waals surface area contributed by atoms with Crippen molar-refractivity contribution in [2.45, 2.75) is 38.8 Å². The third-order valence-electron chi connectivity index (χ3n) is 3.86. The van der Waals surface area contributed by atoms with Crippen LogP contribution in [0.3, 0.4) is 0 Å². The molecular formula is C16H26N2O. The summed E-state index contributed by atoms with van der Waals surface area (Å²) in [6, 6.07) is 8.98. The van der Waals surface area contributed by atoms with E-state index >= 15 is 0 Å². The highest BCUT2D eigenvalue weighted by atomic mass is 16.5. The quantitative estimate of drug-likeness (QED) is 0.853. The smallest absolute Gasteiger partial charge is 0.119 e. The molecule has 1 aliphatic rings. The van der Waals surface area contributed by atoms with Crippen molar-refractivity contribution in [3.05, 3.63) is 29.8 Å². The first-order valence-electron chi connectivity index (χ1n) is 7.40. The standard InChI is InChI=1S/C16H26N2O/c1-3-9-18-10-7-15(8-11-18)17-13-14-5-4-6-16(12-14)19-2/h4-6,12,15,17H,3,7-11,13H2,1-2H3. The molecule has 1 aromatic rings. The van der Waals surface area contributed by atoms with Crippen LogP contribution in [-0.2, 0) is 6.54 Å². The van der Waals surface area contributed by atoms with Gasteiger partial charge in [-0.25, -0.2) is 0 Å². The number of hydrogen-bond acceptors (Lipinski definition) is 3. The van der Waals surface area contributed by atoms with Crippen molar-refractivity contribution in [1.29, 1.82) is 0 Å². The largest absolute Gasteiger partial charge is 0.497 e. The lowest BCUT2D eigenvalue weighted by molar-refractivity contribution is 0.197. The first-order chi connectivity index (χ1) is 9.31.